The third-order valence-electron chi connectivity index (χ3n) is 2.32. The minimum atomic E-state index is -0.981. The molecule has 98 valence electrons. The third-order valence-corrected chi connectivity index (χ3v) is 3.12. The highest BCUT2D eigenvalue weighted by Crippen LogP contribution is 2.13. The van der Waals surface area contributed by atoms with Gasteiger partial charge in [-0.25, -0.2) is 4.79 Å². The van der Waals surface area contributed by atoms with E-state index < -0.39 is 10.8 Å². The Hall–Kier alpha value is -1.62. The first-order valence-electron chi connectivity index (χ1n) is 5.63. The molecule has 1 aromatic carbocycles. The highest BCUT2D eigenvalue weighted by molar-refractivity contribution is 7.84. The Balaban J connectivity index is 2.70. The van der Waals surface area contributed by atoms with Crippen LogP contribution in [0.5, 0.6) is 0 Å². The number of nitrogens with one attached hydrogen (secondary N) is 2. The molecule has 2 atom stereocenters. The molecular weight excluding hydrogens is 248 g/mol. The first kappa shape index (κ1) is 14.4. The molecular formula is C13H18N2O2S. The van der Waals surface area contributed by atoms with Gasteiger partial charge in [0, 0.05) is 29.4 Å². The molecule has 0 bridgehead atoms. The normalized spacial score (nSPS) is 13.4. The van der Waals surface area contributed by atoms with Crippen LogP contribution in [0.15, 0.2) is 43.0 Å². The van der Waals surface area contributed by atoms with Crippen molar-refractivity contribution in [2.45, 2.75) is 6.04 Å². The van der Waals surface area contributed by atoms with E-state index in [0.717, 1.165) is 5.56 Å². The highest BCUT2D eigenvalue weighted by Gasteiger charge is 2.15. The number of carbonyl (C=O) groups excluding carboxylic acids is 1. The fraction of sp³-hybridized carbons (Fsp3) is 0.308. The van der Waals surface area contributed by atoms with Crippen molar-refractivity contribution in [3.05, 3.63) is 48.6 Å². The van der Waals surface area contributed by atoms with Gasteiger partial charge in [0.05, 0.1) is 6.04 Å². The molecule has 0 spiro atoms. The van der Waals surface area contributed by atoms with Crippen LogP contribution in [-0.2, 0) is 10.8 Å². The van der Waals surface area contributed by atoms with Crippen LogP contribution in [0, 0.1) is 0 Å². The standard InChI is InChI=1S/C13H18N2O2S/c1-3-9-14-13(16)15-12(10-18(2)17)11-7-5-4-6-8-11/h3-8,12H,1,9-10H2,2H3,(H2,14,15,16)/t12-,18+/m0/s1. The molecule has 0 aliphatic heterocycles. The summed E-state index contributed by atoms with van der Waals surface area (Å²) in [5.41, 5.74) is 0.946. The molecule has 0 heterocycles. The van der Waals surface area contributed by atoms with Gasteiger partial charge in [0.2, 0.25) is 0 Å². The topological polar surface area (TPSA) is 58.2 Å². The van der Waals surface area contributed by atoms with Gasteiger partial charge in [-0.1, -0.05) is 36.4 Å². The third kappa shape index (κ3) is 5.14. The quantitative estimate of drug-likeness (QED) is 0.768. The molecule has 0 fully saturated rings. The summed E-state index contributed by atoms with van der Waals surface area (Å²) in [7, 11) is -0.981. The van der Waals surface area contributed by atoms with E-state index in [1.807, 2.05) is 30.3 Å². The van der Waals surface area contributed by atoms with Crippen LogP contribution in [0.4, 0.5) is 4.79 Å². The van der Waals surface area contributed by atoms with E-state index in [2.05, 4.69) is 17.2 Å². The van der Waals surface area contributed by atoms with Crippen LogP contribution < -0.4 is 10.6 Å². The zero-order valence-corrected chi connectivity index (χ0v) is 11.2. The SMILES string of the molecule is C=CCNC(=O)N[C@@H](C[S@@](C)=O)c1ccccc1. The van der Waals surface area contributed by atoms with Crippen molar-refractivity contribution in [1.82, 2.24) is 10.6 Å². The lowest BCUT2D eigenvalue weighted by atomic mass is 10.1. The molecule has 0 aliphatic rings. The highest BCUT2D eigenvalue weighted by atomic mass is 32.2. The van der Waals surface area contributed by atoms with Gasteiger partial charge >= 0.3 is 6.03 Å². The Kier molecular flexibility index (Phi) is 6.14. The molecule has 0 saturated heterocycles. The number of urea groups is 1. The second-order valence-corrected chi connectivity index (χ2v) is 5.33. The summed E-state index contributed by atoms with van der Waals surface area (Å²) >= 11 is 0. The molecule has 18 heavy (non-hydrogen) atoms. The minimum Gasteiger partial charge on any atom is -0.335 e. The van der Waals surface area contributed by atoms with Gasteiger partial charge in [0.15, 0.2) is 0 Å². The monoisotopic (exact) mass is 266 g/mol. The molecule has 4 nitrogen and oxygen atoms in total. The first-order valence-corrected chi connectivity index (χ1v) is 7.36. The summed E-state index contributed by atoms with van der Waals surface area (Å²) in [5.74, 6) is 0.394. The van der Waals surface area contributed by atoms with Crippen molar-refractivity contribution in [2.75, 3.05) is 18.6 Å². The van der Waals surface area contributed by atoms with E-state index in [1.165, 1.54) is 0 Å². The summed E-state index contributed by atoms with van der Waals surface area (Å²) in [5, 5.41) is 5.45. The average molecular weight is 266 g/mol. The summed E-state index contributed by atoms with van der Waals surface area (Å²) in [6.07, 6.45) is 3.23. The fourth-order valence-electron chi connectivity index (χ4n) is 1.52. The number of carbonyl (C=O) groups is 1. The van der Waals surface area contributed by atoms with Gasteiger partial charge in [0.25, 0.3) is 0 Å². The van der Waals surface area contributed by atoms with Crippen molar-refractivity contribution in [1.29, 1.82) is 0 Å². The Morgan fingerprint density at radius 3 is 2.67 bits per heavy atom. The number of hydrogen-bond donors (Lipinski definition) is 2. The lowest BCUT2D eigenvalue weighted by Crippen LogP contribution is -2.39. The fourth-order valence-corrected chi connectivity index (χ4v) is 2.26. The van der Waals surface area contributed by atoms with Crippen LogP contribution in [0.1, 0.15) is 11.6 Å². The molecule has 0 aromatic heterocycles. The Morgan fingerprint density at radius 1 is 1.44 bits per heavy atom. The average Bonchev–Trinajstić information content (AvgIpc) is 2.36. The van der Waals surface area contributed by atoms with Gasteiger partial charge in [-0.15, -0.1) is 6.58 Å². The van der Waals surface area contributed by atoms with Crippen LogP contribution in [0.2, 0.25) is 0 Å². The van der Waals surface area contributed by atoms with Crippen LogP contribution in [0.3, 0.4) is 0 Å². The van der Waals surface area contributed by atoms with E-state index in [4.69, 9.17) is 0 Å². The van der Waals surface area contributed by atoms with Gasteiger partial charge in [-0.05, 0) is 5.56 Å². The predicted molar refractivity (Wildman–Crippen MR) is 74.8 cm³/mol. The number of hydrogen-bond acceptors (Lipinski definition) is 2. The second kappa shape index (κ2) is 7.66. The van der Waals surface area contributed by atoms with E-state index >= 15 is 0 Å². The maximum atomic E-state index is 11.6. The molecule has 0 unspecified atom stereocenters. The zero-order chi connectivity index (χ0) is 13.4. The summed E-state index contributed by atoms with van der Waals surface area (Å²) in [6, 6.07) is 8.97. The second-order valence-electron chi connectivity index (χ2n) is 3.85. The summed E-state index contributed by atoms with van der Waals surface area (Å²) in [4.78, 5) is 11.6. The Morgan fingerprint density at radius 2 is 2.11 bits per heavy atom. The van der Waals surface area contributed by atoms with Crippen LogP contribution >= 0.6 is 0 Å². The summed E-state index contributed by atoms with van der Waals surface area (Å²) < 4.78 is 11.3. The van der Waals surface area contributed by atoms with Crippen LogP contribution in [-0.4, -0.2) is 28.8 Å². The number of benzene rings is 1. The maximum Gasteiger partial charge on any atom is 0.315 e. The molecule has 0 radical (unpaired) electrons. The van der Waals surface area contributed by atoms with Crippen molar-refractivity contribution >= 4 is 16.8 Å². The van der Waals surface area contributed by atoms with Gasteiger partial charge in [-0.3, -0.25) is 4.21 Å². The van der Waals surface area contributed by atoms with E-state index in [1.54, 1.807) is 12.3 Å². The minimum absolute atomic E-state index is 0.248. The Labute approximate surface area is 110 Å². The van der Waals surface area contributed by atoms with E-state index in [9.17, 15) is 9.00 Å². The number of amides is 2. The lowest BCUT2D eigenvalue weighted by Gasteiger charge is -2.18. The van der Waals surface area contributed by atoms with Crippen molar-refractivity contribution in [3.8, 4) is 0 Å². The summed E-state index contributed by atoms with van der Waals surface area (Å²) in [6.45, 7) is 3.93. The lowest BCUT2D eigenvalue weighted by molar-refractivity contribution is 0.239. The Bertz CT molecular complexity index is 420. The van der Waals surface area contributed by atoms with Crippen molar-refractivity contribution < 1.29 is 9.00 Å². The van der Waals surface area contributed by atoms with E-state index in [0.29, 0.717) is 12.3 Å². The molecule has 2 N–H and O–H groups in total. The molecule has 1 rings (SSSR count). The van der Waals surface area contributed by atoms with Crippen LogP contribution in [0.25, 0.3) is 0 Å². The predicted octanol–water partition coefficient (Wildman–Crippen LogP) is 1.59. The van der Waals surface area contributed by atoms with Crippen molar-refractivity contribution in [3.63, 3.8) is 0 Å². The molecule has 1 aromatic rings. The molecule has 5 heteroatoms. The molecule has 0 saturated carbocycles. The smallest absolute Gasteiger partial charge is 0.315 e. The van der Waals surface area contributed by atoms with E-state index in [-0.39, 0.29) is 12.1 Å². The maximum absolute atomic E-state index is 11.6. The van der Waals surface area contributed by atoms with Gasteiger partial charge < -0.3 is 10.6 Å². The van der Waals surface area contributed by atoms with Gasteiger partial charge in [0.1, 0.15) is 0 Å². The number of rotatable bonds is 6. The van der Waals surface area contributed by atoms with Crippen molar-refractivity contribution in [2.24, 2.45) is 0 Å². The molecule has 0 aliphatic carbocycles. The first-order chi connectivity index (χ1) is 8.63. The molecule has 2 amide bonds. The van der Waals surface area contributed by atoms with Gasteiger partial charge in [-0.2, -0.15) is 0 Å². The zero-order valence-electron chi connectivity index (χ0n) is 10.4. The largest absolute Gasteiger partial charge is 0.335 e.